The number of para-hydroxylation sites is 1. The van der Waals surface area contributed by atoms with Gasteiger partial charge in [0.05, 0.1) is 15.8 Å². The first-order valence-electron chi connectivity index (χ1n) is 8.10. The molecule has 0 unspecified atom stereocenters. The second kappa shape index (κ2) is 9.39. The summed E-state index contributed by atoms with van der Waals surface area (Å²) in [5.41, 5.74) is 2.39. The second-order valence-electron chi connectivity index (χ2n) is 5.52. The number of carbonyl (C=O) groups excluding carboxylic acids is 2. The van der Waals surface area contributed by atoms with Gasteiger partial charge >= 0.3 is 5.97 Å². The molecule has 0 aromatic heterocycles. The van der Waals surface area contributed by atoms with Gasteiger partial charge in [-0.15, -0.1) is 35.3 Å². The number of rotatable bonds is 6. The molecule has 0 saturated carbocycles. The van der Waals surface area contributed by atoms with Gasteiger partial charge in [0.2, 0.25) is 0 Å². The van der Waals surface area contributed by atoms with E-state index in [1.807, 2.05) is 66.2 Å². The first-order chi connectivity index (χ1) is 12.7. The minimum Gasteiger partial charge on any atom is -0.452 e. The van der Waals surface area contributed by atoms with Crippen molar-refractivity contribution in [2.75, 3.05) is 29.7 Å². The van der Waals surface area contributed by atoms with Crippen LogP contribution in [0.25, 0.3) is 0 Å². The van der Waals surface area contributed by atoms with Crippen LogP contribution in [0.1, 0.15) is 20.5 Å². The minimum atomic E-state index is -0.489. The summed E-state index contributed by atoms with van der Waals surface area (Å²) in [4.78, 5) is 25.1. The van der Waals surface area contributed by atoms with Gasteiger partial charge in [0, 0.05) is 16.4 Å². The Labute approximate surface area is 165 Å². The third-order valence-electron chi connectivity index (χ3n) is 3.76. The summed E-state index contributed by atoms with van der Waals surface area (Å²) in [6.07, 6.45) is 1.94. The maximum absolute atomic E-state index is 12.1. The highest BCUT2D eigenvalue weighted by molar-refractivity contribution is 8.19. The standard InChI is InChI=1S/C19H19NO3S3/c1-24-16-5-3-2-4-15(16)20-17(21)12-23-18(22)13-6-8-14(9-7-13)19-25-10-11-26-19/h2-9,19H,10-12H2,1H3,(H,20,21). The fourth-order valence-corrected chi connectivity index (χ4v) is 5.89. The zero-order chi connectivity index (χ0) is 18.4. The van der Waals surface area contributed by atoms with E-state index in [1.165, 1.54) is 5.56 Å². The van der Waals surface area contributed by atoms with E-state index in [1.54, 1.807) is 23.9 Å². The fraction of sp³-hybridized carbons (Fsp3) is 0.263. The first-order valence-corrected chi connectivity index (χ1v) is 11.4. The van der Waals surface area contributed by atoms with E-state index in [0.29, 0.717) is 10.1 Å². The summed E-state index contributed by atoms with van der Waals surface area (Å²) in [6, 6.07) is 15.0. The van der Waals surface area contributed by atoms with E-state index in [0.717, 1.165) is 22.1 Å². The molecule has 4 nitrogen and oxygen atoms in total. The number of anilines is 1. The number of amides is 1. The van der Waals surface area contributed by atoms with Crippen LogP contribution in [0.4, 0.5) is 5.69 Å². The summed E-state index contributed by atoms with van der Waals surface area (Å²) in [5, 5.41) is 2.77. The largest absolute Gasteiger partial charge is 0.452 e. The SMILES string of the molecule is CSc1ccccc1NC(=O)COC(=O)c1ccc(C2SCCS2)cc1. The quantitative estimate of drug-likeness (QED) is 0.556. The Morgan fingerprint density at radius 1 is 1.12 bits per heavy atom. The van der Waals surface area contributed by atoms with E-state index in [9.17, 15) is 9.59 Å². The maximum atomic E-state index is 12.1. The molecule has 0 atom stereocenters. The van der Waals surface area contributed by atoms with Crippen LogP contribution in [0.3, 0.4) is 0 Å². The van der Waals surface area contributed by atoms with Crippen molar-refractivity contribution >= 4 is 52.8 Å². The molecule has 1 amide bonds. The molecule has 0 spiro atoms. The minimum absolute atomic E-state index is 0.308. The lowest BCUT2D eigenvalue weighted by molar-refractivity contribution is -0.119. The van der Waals surface area contributed by atoms with Gasteiger partial charge < -0.3 is 10.1 Å². The van der Waals surface area contributed by atoms with E-state index >= 15 is 0 Å². The number of nitrogens with one attached hydrogen (secondary N) is 1. The van der Waals surface area contributed by atoms with Crippen LogP contribution in [-0.2, 0) is 9.53 Å². The number of ether oxygens (including phenoxy) is 1. The number of esters is 1. The molecule has 3 rings (SSSR count). The molecule has 2 aromatic carbocycles. The molecule has 1 aliphatic heterocycles. The second-order valence-corrected chi connectivity index (χ2v) is 9.09. The van der Waals surface area contributed by atoms with Gasteiger partial charge in [-0.2, -0.15) is 0 Å². The number of carbonyl (C=O) groups is 2. The monoisotopic (exact) mass is 405 g/mol. The first kappa shape index (κ1) is 19.2. The van der Waals surface area contributed by atoms with Gasteiger partial charge in [0.1, 0.15) is 0 Å². The van der Waals surface area contributed by atoms with Crippen LogP contribution in [0.5, 0.6) is 0 Å². The molecule has 0 aliphatic carbocycles. The smallest absolute Gasteiger partial charge is 0.338 e. The van der Waals surface area contributed by atoms with Crippen LogP contribution in [-0.4, -0.2) is 36.2 Å². The predicted octanol–water partition coefficient (Wildman–Crippen LogP) is 4.68. The zero-order valence-corrected chi connectivity index (χ0v) is 16.7. The lowest BCUT2D eigenvalue weighted by atomic mass is 10.1. The van der Waals surface area contributed by atoms with Crippen molar-refractivity contribution < 1.29 is 14.3 Å². The molecule has 1 saturated heterocycles. The topological polar surface area (TPSA) is 55.4 Å². The molecule has 2 aromatic rings. The van der Waals surface area contributed by atoms with Crippen LogP contribution in [0.15, 0.2) is 53.4 Å². The van der Waals surface area contributed by atoms with Gasteiger partial charge in [-0.05, 0) is 36.1 Å². The Hall–Kier alpha value is -1.57. The molecule has 136 valence electrons. The van der Waals surface area contributed by atoms with E-state index in [-0.39, 0.29) is 12.5 Å². The Morgan fingerprint density at radius 2 is 1.81 bits per heavy atom. The van der Waals surface area contributed by atoms with Gasteiger partial charge in [0.15, 0.2) is 6.61 Å². The number of benzene rings is 2. The van der Waals surface area contributed by atoms with Gasteiger partial charge in [-0.3, -0.25) is 4.79 Å². The highest BCUT2D eigenvalue weighted by atomic mass is 32.2. The van der Waals surface area contributed by atoms with E-state index in [4.69, 9.17) is 4.74 Å². The van der Waals surface area contributed by atoms with E-state index < -0.39 is 5.97 Å². The van der Waals surface area contributed by atoms with Gasteiger partial charge in [-0.25, -0.2) is 4.79 Å². The van der Waals surface area contributed by atoms with Crippen molar-refractivity contribution in [3.05, 3.63) is 59.7 Å². The predicted molar refractivity (Wildman–Crippen MR) is 111 cm³/mol. The molecular weight excluding hydrogens is 386 g/mol. The van der Waals surface area contributed by atoms with Crippen LogP contribution < -0.4 is 5.32 Å². The van der Waals surface area contributed by atoms with Crippen molar-refractivity contribution in [2.45, 2.75) is 9.48 Å². The highest BCUT2D eigenvalue weighted by Gasteiger charge is 2.19. The molecule has 7 heteroatoms. The summed E-state index contributed by atoms with van der Waals surface area (Å²) in [6.45, 7) is -0.308. The average Bonchev–Trinajstić information content (AvgIpc) is 3.21. The Morgan fingerprint density at radius 3 is 2.50 bits per heavy atom. The lowest BCUT2D eigenvalue weighted by Gasteiger charge is -2.10. The van der Waals surface area contributed by atoms with Crippen LogP contribution >= 0.6 is 35.3 Å². The van der Waals surface area contributed by atoms with Gasteiger partial charge in [0.25, 0.3) is 5.91 Å². The fourth-order valence-electron chi connectivity index (χ4n) is 2.48. The Balaban J connectivity index is 1.52. The number of hydrogen-bond donors (Lipinski definition) is 1. The van der Waals surface area contributed by atoms with Gasteiger partial charge in [-0.1, -0.05) is 24.3 Å². The van der Waals surface area contributed by atoms with Crippen molar-refractivity contribution in [1.29, 1.82) is 0 Å². The zero-order valence-electron chi connectivity index (χ0n) is 14.3. The third-order valence-corrected chi connectivity index (χ3v) is 7.66. The average molecular weight is 406 g/mol. The number of hydrogen-bond acceptors (Lipinski definition) is 6. The van der Waals surface area contributed by atoms with Crippen molar-refractivity contribution in [3.8, 4) is 0 Å². The summed E-state index contributed by atoms with van der Waals surface area (Å²) in [7, 11) is 0. The molecule has 1 heterocycles. The Bertz CT molecular complexity index is 774. The van der Waals surface area contributed by atoms with Crippen molar-refractivity contribution in [1.82, 2.24) is 0 Å². The molecule has 1 N–H and O–H groups in total. The molecule has 0 radical (unpaired) electrons. The highest BCUT2D eigenvalue weighted by Crippen LogP contribution is 2.45. The molecule has 26 heavy (non-hydrogen) atoms. The molecule has 0 bridgehead atoms. The maximum Gasteiger partial charge on any atom is 0.338 e. The third kappa shape index (κ3) is 4.99. The normalized spacial score (nSPS) is 14.2. The summed E-state index contributed by atoms with van der Waals surface area (Å²) >= 11 is 5.38. The van der Waals surface area contributed by atoms with Crippen molar-refractivity contribution in [2.24, 2.45) is 0 Å². The van der Waals surface area contributed by atoms with Crippen molar-refractivity contribution in [3.63, 3.8) is 0 Å². The molecule has 1 fully saturated rings. The van der Waals surface area contributed by atoms with Crippen LogP contribution in [0, 0.1) is 0 Å². The van der Waals surface area contributed by atoms with E-state index in [2.05, 4.69) is 5.32 Å². The van der Waals surface area contributed by atoms with Crippen LogP contribution in [0.2, 0.25) is 0 Å². The summed E-state index contributed by atoms with van der Waals surface area (Å²) < 4.78 is 5.58. The Kier molecular flexibility index (Phi) is 6.93. The number of thioether (sulfide) groups is 3. The molecular formula is C19H19NO3S3. The molecule has 1 aliphatic rings. The lowest BCUT2D eigenvalue weighted by Crippen LogP contribution is -2.21. The summed E-state index contributed by atoms with van der Waals surface area (Å²) in [5.74, 6) is 1.48.